The number of carbonyl (C=O) groups is 1. The van der Waals surface area contributed by atoms with E-state index in [1.807, 2.05) is 60.7 Å². The molecule has 1 aromatic heterocycles. The highest BCUT2D eigenvalue weighted by Crippen LogP contribution is 2.20. The summed E-state index contributed by atoms with van der Waals surface area (Å²) in [6.45, 7) is 7.94. The van der Waals surface area contributed by atoms with Gasteiger partial charge in [-0.05, 0) is 32.9 Å². The molecule has 23 heavy (non-hydrogen) atoms. The Balaban J connectivity index is 1.83. The van der Waals surface area contributed by atoms with Crippen LogP contribution in [0.5, 0.6) is 0 Å². The minimum Gasteiger partial charge on any atom is -0.377 e. The van der Waals surface area contributed by atoms with Gasteiger partial charge in [-0.3, -0.25) is 4.79 Å². The van der Waals surface area contributed by atoms with Gasteiger partial charge >= 0.3 is 0 Å². The second kappa shape index (κ2) is 6.54. The monoisotopic (exact) mass is 313 g/mol. The van der Waals surface area contributed by atoms with E-state index >= 15 is 0 Å². The molecule has 1 amide bonds. The number of aryl methyl sites for hydroxylation is 1. The third kappa shape index (κ3) is 3.15. The van der Waals surface area contributed by atoms with E-state index in [1.54, 1.807) is 0 Å². The van der Waals surface area contributed by atoms with Crippen LogP contribution >= 0.6 is 0 Å². The van der Waals surface area contributed by atoms with Gasteiger partial charge in [0.2, 0.25) is 5.91 Å². The first-order valence-corrected chi connectivity index (χ1v) is 8.05. The van der Waals surface area contributed by atoms with Crippen molar-refractivity contribution in [2.75, 3.05) is 19.8 Å². The second-order valence-electron chi connectivity index (χ2n) is 6.08. The van der Waals surface area contributed by atoms with Crippen molar-refractivity contribution in [3.8, 4) is 5.69 Å². The van der Waals surface area contributed by atoms with Crippen LogP contribution in [-0.2, 0) is 16.0 Å². The maximum atomic E-state index is 12.7. The van der Waals surface area contributed by atoms with Gasteiger partial charge < -0.3 is 9.64 Å². The minimum atomic E-state index is 0.140. The second-order valence-corrected chi connectivity index (χ2v) is 6.08. The number of hydrogen-bond donors (Lipinski definition) is 0. The average Bonchev–Trinajstić information content (AvgIpc) is 2.84. The lowest BCUT2D eigenvalue weighted by Gasteiger charge is -2.33. The summed E-state index contributed by atoms with van der Waals surface area (Å²) in [5, 5.41) is 4.62. The van der Waals surface area contributed by atoms with Crippen molar-refractivity contribution >= 4 is 5.91 Å². The molecule has 122 valence electrons. The Bertz CT molecular complexity index is 694. The molecule has 2 heterocycles. The van der Waals surface area contributed by atoms with Crippen molar-refractivity contribution in [1.82, 2.24) is 14.7 Å². The zero-order valence-corrected chi connectivity index (χ0v) is 14.0. The van der Waals surface area contributed by atoms with Gasteiger partial charge in [-0.2, -0.15) is 5.10 Å². The van der Waals surface area contributed by atoms with E-state index in [0.29, 0.717) is 26.2 Å². The molecule has 1 saturated heterocycles. The summed E-state index contributed by atoms with van der Waals surface area (Å²) >= 11 is 0. The van der Waals surface area contributed by atoms with Crippen molar-refractivity contribution in [2.45, 2.75) is 33.2 Å². The molecule has 5 heteroatoms. The molecular weight excluding hydrogens is 290 g/mol. The zero-order chi connectivity index (χ0) is 16.4. The largest absolute Gasteiger partial charge is 0.377 e. The maximum absolute atomic E-state index is 12.7. The molecule has 3 rings (SSSR count). The van der Waals surface area contributed by atoms with Gasteiger partial charge in [0.1, 0.15) is 0 Å². The molecule has 1 aliphatic rings. The Hall–Kier alpha value is -2.14. The number of ether oxygens (including phenoxy) is 1. The molecule has 0 spiro atoms. The van der Waals surface area contributed by atoms with Gasteiger partial charge in [-0.1, -0.05) is 18.2 Å². The highest BCUT2D eigenvalue weighted by Gasteiger charge is 2.25. The topological polar surface area (TPSA) is 47.4 Å². The molecule has 2 aromatic rings. The number of carbonyl (C=O) groups excluding carboxylic acids is 1. The van der Waals surface area contributed by atoms with Crippen LogP contribution < -0.4 is 0 Å². The number of benzene rings is 1. The van der Waals surface area contributed by atoms with Crippen LogP contribution in [0.3, 0.4) is 0 Å². The first kappa shape index (κ1) is 15.7. The molecule has 5 nitrogen and oxygen atoms in total. The third-order valence-electron chi connectivity index (χ3n) is 4.46. The molecular formula is C18H23N3O2. The third-order valence-corrected chi connectivity index (χ3v) is 4.46. The summed E-state index contributed by atoms with van der Waals surface area (Å²) in [5.41, 5.74) is 3.99. The predicted molar refractivity (Wildman–Crippen MR) is 88.7 cm³/mol. The van der Waals surface area contributed by atoms with Gasteiger partial charge in [0.05, 0.1) is 37.1 Å². The number of amides is 1. The molecule has 1 atom stereocenters. The van der Waals surface area contributed by atoms with Crippen molar-refractivity contribution in [2.24, 2.45) is 0 Å². The molecule has 1 aromatic carbocycles. The van der Waals surface area contributed by atoms with Crippen LogP contribution in [0, 0.1) is 13.8 Å². The van der Waals surface area contributed by atoms with Gasteiger partial charge in [-0.25, -0.2) is 4.68 Å². The number of aromatic nitrogens is 2. The van der Waals surface area contributed by atoms with Gasteiger partial charge in [0, 0.05) is 17.8 Å². The predicted octanol–water partition coefficient (Wildman–Crippen LogP) is 2.28. The molecule has 0 radical (unpaired) electrons. The fourth-order valence-corrected chi connectivity index (χ4v) is 3.10. The van der Waals surface area contributed by atoms with E-state index in [9.17, 15) is 4.79 Å². The Morgan fingerprint density at radius 2 is 2.04 bits per heavy atom. The summed E-state index contributed by atoms with van der Waals surface area (Å²) < 4.78 is 7.33. The van der Waals surface area contributed by atoms with Gasteiger partial charge in [0.15, 0.2) is 0 Å². The van der Waals surface area contributed by atoms with Crippen LogP contribution in [-0.4, -0.2) is 46.4 Å². The van der Waals surface area contributed by atoms with E-state index in [0.717, 1.165) is 22.6 Å². The number of para-hydroxylation sites is 1. The maximum Gasteiger partial charge on any atom is 0.227 e. The molecule has 1 fully saturated rings. The summed E-state index contributed by atoms with van der Waals surface area (Å²) in [5.74, 6) is 0.152. The Kier molecular flexibility index (Phi) is 4.48. The molecule has 0 bridgehead atoms. The summed E-state index contributed by atoms with van der Waals surface area (Å²) in [6.07, 6.45) is 0.398. The smallest absolute Gasteiger partial charge is 0.227 e. The lowest BCUT2D eigenvalue weighted by molar-refractivity contribution is -0.138. The Morgan fingerprint density at radius 3 is 2.74 bits per heavy atom. The van der Waals surface area contributed by atoms with E-state index in [4.69, 9.17) is 4.74 Å². The molecule has 1 aliphatic heterocycles. The SMILES string of the molecule is Cc1nn(-c2ccccc2)c(C)c1CC(=O)N1CCOCC1C. The molecule has 0 aliphatic carbocycles. The van der Waals surface area contributed by atoms with E-state index in [2.05, 4.69) is 5.10 Å². The Labute approximate surface area is 136 Å². The van der Waals surface area contributed by atoms with Crippen molar-refractivity contribution in [1.29, 1.82) is 0 Å². The normalized spacial score (nSPS) is 18.2. The Morgan fingerprint density at radius 1 is 1.30 bits per heavy atom. The number of rotatable bonds is 3. The highest BCUT2D eigenvalue weighted by molar-refractivity contribution is 5.79. The fraction of sp³-hybridized carbons (Fsp3) is 0.444. The number of hydrogen-bond acceptors (Lipinski definition) is 3. The van der Waals surface area contributed by atoms with E-state index in [-0.39, 0.29) is 11.9 Å². The quantitative estimate of drug-likeness (QED) is 0.873. The highest BCUT2D eigenvalue weighted by atomic mass is 16.5. The van der Waals surface area contributed by atoms with E-state index < -0.39 is 0 Å². The van der Waals surface area contributed by atoms with Gasteiger partial charge in [0.25, 0.3) is 0 Å². The lowest BCUT2D eigenvalue weighted by atomic mass is 10.1. The summed E-state index contributed by atoms with van der Waals surface area (Å²) in [7, 11) is 0. The van der Waals surface area contributed by atoms with E-state index in [1.165, 1.54) is 0 Å². The van der Waals surface area contributed by atoms with Crippen LogP contribution in [0.2, 0.25) is 0 Å². The van der Waals surface area contributed by atoms with Crippen LogP contribution in [0.15, 0.2) is 30.3 Å². The zero-order valence-electron chi connectivity index (χ0n) is 14.0. The summed E-state index contributed by atoms with van der Waals surface area (Å²) in [6, 6.07) is 10.2. The first-order chi connectivity index (χ1) is 11.1. The number of nitrogens with zero attached hydrogens (tertiary/aromatic N) is 3. The average molecular weight is 313 g/mol. The summed E-state index contributed by atoms with van der Waals surface area (Å²) in [4.78, 5) is 14.6. The van der Waals surface area contributed by atoms with Crippen molar-refractivity contribution in [3.63, 3.8) is 0 Å². The minimum absolute atomic E-state index is 0.140. The van der Waals surface area contributed by atoms with Crippen LogP contribution in [0.1, 0.15) is 23.9 Å². The van der Waals surface area contributed by atoms with Crippen LogP contribution in [0.4, 0.5) is 0 Å². The molecule has 0 saturated carbocycles. The van der Waals surface area contributed by atoms with Crippen molar-refractivity contribution < 1.29 is 9.53 Å². The standard InChI is InChI=1S/C18H23N3O2/c1-13-12-23-10-9-20(13)18(22)11-17-14(2)19-21(15(17)3)16-7-5-4-6-8-16/h4-8,13H,9-12H2,1-3H3. The first-order valence-electron chi connectivity index (χ1n) is 8.05. The van der Waals surface area contributed by atoms with Crippen LogP contribution in [0.25, 0.3) is 5.69 Å². The fourth-order valence-electron chi connectivity index (χ4n) is 3.10. The lowest BCUT2D eigenvalue weighted by Crippen LogP contribution is -2.47. The molecule has 0 N–H and O–H groups in total. The van der Waals surface area contributed by atoms with Gasteiger partial charge in [-0.15, -0.1) is 0 Å². The van der Waals surface area contributed by atoms with Crippen molar-refractivity contribution in [3.05, 3.63) is 47.3 Å². The molecule has 1 unspecified atom stereocenters. The number of morpholine rings is 1.